The van der Waals surface area contributed by atoms with Gasteiger partial charge >= 0.3 is 0 Å². The van der Waals surface area contributed by atoms with E-state index in [0.717, 1.165) is 11.3 Å². The maximum absolute atomic E-state index is 4.51. The molecule has 3 aromatic heterocycles. The van der Waals surface area contributed by atoms with Gasteiger partial charge in [0.1, 0.15) is 5.82 Å². The fraction of sp³-hybridized carbons (Fsp3) is 0.0625. The van der Waals surface area contributed by atoms with Gasteiger partial charge in [0.05, 0.1) is 17.9 Å². The molecule has 0 radical (unpaired) electrons. The third-order valence-corrected chi connectivity index (χ3v) is 3.49. The fourth-order valence-corrected chi connectivity index (χ4v) is 2.44. The Morgan fingerprint density at radius 3 is 3.05 bits per heavy atom. The molecule has 0 aliphatic rings. The Morgan fingerprint density at radius 1 is 1.14 bits per heavy atom. The molecule has 0 bridgehead atoms. The standard InChI is InChI=1S/C16H14N6/c1-3-12-5-7-18-16(12)13(4-1)9-19-14-10-17-11-15(21-14)22-8-2-6-20-22/h1-8,10-11,18H,9H2,(H,19,21). The highest BCUT2D eigenvalue weighted by molar-refractivity contribution is 5.82. The number of H-pyrrole nitrogens is 1. The predicted molar refractivity (Wildman–Crippen MR) is 84.8 cm³/mol. The molecule has 0 atom stereocenters. The summed E-state index contributed by atoms with van der Waals surface area (Å²) in [6.07, 6.45) is 8.90. The first kappa shape index (κ1) is 12.6. The molecule has 0 aliphatic heterocycles. The lowest BCUT2D eigenvalue weighted by Crippen LogP contribution is -2.05. The van der Waals surface area contributed by atoms with Crippen LogP contribution in [0.2, 0.25) is 0 Å². The van der Waals surface area contributed by atoms with Crippen molar-refractivity contribution >= 4 is 16.7 Å². The third kappa shape index (κ3) is 2.31. The highest BCUT2D eigenvalue weighted by Gasteiger charge is 2.04. The maximum atomic E-state index is 4.51. The van der Waals surface area contributed by atoms with Gasteiger partial charge in [0, 0.05) is 25.1 Å². The Kier molecular flexibility index (Phi) is 3.05. The van der Waals surface area contributed by atoms with Crippen molar-refractivity contribution in [3.05, 3.63) is 66.9 Å². The van der Waals surface area contributed by atoms with E-state index in [-0.39, 0.29) is 0 Å². The monoisotopic (exact) mass is 290 g/mol. The van der Waals surface area contributed by atoms with Gasteiger partial charge in [-0.2, -0.15) is 5.10 Å². The lowest BCUT2D eigenvalue weighted by atomic mass is 10.1. The van der Waals surface area contributed by atoms with Crippen molar-refractivity contribution in [3.63, 3.8) is 0 Å². The summed E-state index contributed by atoms with van der Waals surface area (Å²) >= 11 is 0. The molecule has 2 N–H and O–H groups in total. The van der Waals surface area contributed by atoms with Gasteiger partial charge in [-0.15, -0.1) is 0 Å². The Labute approximate surface area is 126 Å². The molecule has 1 aromatic carbocycles. The average Bonchev–Trinajstić information content (AvgIpc) is 3.24. The van der Waals surface area contributed by atoms with Crippen LogP contribution in [-0.4, -0.2) is 24.7 Å². The van der Waals surface area contributed by atoms with Crippen LogP contribution >= 0.6 is 0 Å². The molecular weight excluding hydrogens is 276 g/mol. The summed E-state index contributed by atoms with van der Waals surface area (Å²) in [5.41, 5.74) is 2.33. The summed E-state index contributed by atoms with van der Waals surface area (Å²) in [4.78, 5) is 12.0. The van der Waals surface area contributed by atoms with E-state index in [1.54, 1.807) is 23.3 Å². The molecule has 108 valence electrons. The van der Waals surface area contributed by atoms with Gasteiger partial charge in [-0.05, 0) is 23.1 Å². The van der Waals surface area contributed by atoms with Gasteiger partial charge in [-0.1, -0.05) is 18.2 Å². The minimum absolute atomic E-state index is 0.676. The number of hydrogen-bond acceptors (Lipinski definition) is 4. The van der Waals surface area contributed by atoms with Crippen LogP contribution in [0, 0.1) is 0 Å². The number of rotatable bonds is 4. The normalized spacial score (nSPS) is 10.9. The second kappa shape index (κ2) is 5.33. The maximum Gasteiger partial charge on any atom is 0.173 e. The van der Waals surface area contributed by atoms with Crippen molar-refractivity contribution in [1.82, 2.24) is 24.7 Å². The summed E-state index contributed by atoms with van der Waals surface area (Å²) in [6, 6.07) is 10.2. The number of anilines is 1. The van der Waals surface area contributed by atoms with E-state index in [2.05, 4.69) is 49.6 Å². The number of aromatic amines is 1. The van der Waals surface area contributed by atoms with Crippen LogP contribution in [0.25, 0.3) is 16.7 Å². The number of nitrogens with zero attached hydrogens (tertiary/aromatic N) is 4. The second-order valence-electron chi connectivity index (χ2n) is 4.93. The van der Waals surface area contributed by atoms with Crippen LogP contribution in [0.5, 0.6) is 0 Å². The molecule has 0 saturated carbocycles. The average molecular weight is 290 g/mol. The number of nitrogens with one attached hydrogen (secondary N) is 2. The van der Waals surface area contributed by atoms with Gasteiger partial charge in [-0.3, -0.25) is 4.98 Å². The van der Waals surface area contributed by atoms with Crippen LogP contribution < -0.4 is 5.32 Å². The lowest BCUT2D eigenvalue weighted by molar-refractivity contribution is 0.837. The molecule has 0 spiro atoms. The quantitative estimate of drug-likeness (QED) is 0.606. The van der Waals surface area contributed by atoms with Gasteiger partial charge < -0.3 is 10.3 Å². The predicted octanol–water partition coefficient (Wildman–Crippen LogP) is 2.76. The molecular formula is C16H14N6. The van der Waals surface area contributed by atoms with E-state index in [0.29, 0.717) is 12.4 Å². The molecule has 0 fully saturated rings. The topological polar surface area (TPSA) is 71.4 Å². The van der Waals surface area contributed by atoms with Gasteiger partial charge in [0.2, 0.25) is 0 Å². The number of para-hydroxylation sites is 1. The molecule has 3 heterocycles. The first-order valence-electron chi connectivity index (χ1n) is 7.01. The summed E-state index contributed by atoms with van der Waals surface area (Å²) in [6.45, 7) is 0.676. The van der Waals surface area contributed by atoms with Crippen molar-refractivity contribution in [2.75, 3.05) is 5.32 Å². The lowest BCUT2D eigenvalue weighted by Gasteiger charge is -2.08. The minimum atomic E-state index is 0.676. The zero-order chi connectivity index (χ0) is 14.8. The fourth-order valence-electron chi connectivity index (χ4n) is 2.44. The van der Waals surface area contributed by atoms with Gasteiger partial charge in [-0.25, -0.2) is 9.67 Å². The van der Waals surface area contributed by atoms with E-state index in [4.69, 9.17) is 0 Å². The first-order chi connectivity index (χ1) is 10.9. The number of hydrogen-bond donors (Lipinski definition) is 2. The molecule has 6 nitrogen and oxygen atoms in total. The number of aromatic nitrogens is 5. The molecule has 0 aliphatic carbocycles. The van der Waals surface area contributed by atoms with Crippen molar-refractivity contribution < 1.29 is 0 Å². The van der Waals surface area contributed by atoms with Crippen molar-refractivity contribution in [2.45, 2.75) is 6.54 Å². The highest BCUT2D eigenvalue weighted by atomic mass is 15.3. The summed E-state index contributed by atoms with van der Waals surface area (Å²) in [7, 11) is 0. The Bertz CT molecular complexity index is 894. The molecule has 0 unspecified atom stereocenters. The van der Waals surface area contributed by atoms with Crippen LogP contribution in [0.3, 0.4) is 0 Å². The third-order valence-electron chi connectivity index (χ3n) is 3.49. The van der Waals surface area contributed by atoms with Crippen LogP contribution in [0.15, 0.2) is 61.3 Å². The molecule has 0 amide bonds. The van der Waals surface area contributed by atoms with Crippen molar-refractivity contribution in [1.29, 1.82) is 0 Å². The molecule has 4 aromatic rings. The Balaban J connectivity index is 1.57. The SMILES string of the molecule is c1cc(CNc2cncc(-n3cccn3)n2)c2[nH]ccc2c1. The summed E-state index contributed by atoms with van der Waals surface area (Å²) in [5, 5.41) is 8.68. The molecule has 22 heavy (non-hydrogen) atoms. The summed E-state index contributed by atoms with van der Waals surface area (Å²) < 4.78 is 1.68. The Hall–Kier alpha value is -3.15. The van der Waals surface area contributed by atoms with Gasteiger partial charge in [0.25, 0.3) is 0 Å². The Morgan fingerprint density at radius 2 is 2.14 bits per heavy atom. The van der Waals surface area contributed by atoms with Crippen LogP contribution in [0.1, 0.15) is 5.56 Å². The van der Waals surface area contributed by atoms with E-state index >= 15 is 0 Å². The summed E-state index contributed by atoms with van der Waals surface area (Å²) in [5.74, 6) is 1.41. The zero-order valence-corrected chi connectivity index (χ0v) is 11.8. The number of benzene rings is 1. The van der Waals surface area contributed by atoms with Crippen molar-refractivity contribution in [2.24, 2.45) is 0 Å². The van der Waals surface area contributed by atoms with Gasteiger partial charge in [0.15, 0.2) is 5.82 Å². The van der Waals surface area contributed by atoms with E-state index in [1.165, 1.54) is 10.9 Å². The van der Waals surface area contributed by atoms with Crippen LogP contribution in [-0.2, 0) is 6.54 Å². The molecule has 4 rings (SSSR count). The number of fused-ring (bicyclic) bond motifs is 1. The largest absolute Gasteiger partial charge is 0.365 e. The first-order valence-corrected chi connectivity index (χ1v) is 7.01. The van der Waals surface area contributed by atoms with E-state index < -0.39 is 0 Å². The van der Waals surface area contributed by atoms with E-state index in [9.17, 15) is 0 Å². The smallest absolute Gasteiger partial charge is 0.173 e. The zero-order valence-electron chi connectivity index (χ0n) is 11.8. The van der Waals surface area contributed by atoms with E-state index in [1.807, 2.05) is 18.5 Å². The molecule has 6 heteroatoms. The second-order valence-corrected chi connectivity index (χ2v) is 4.93. The highest BCUT2D eigenvalue weighted by Crippen LogP contribution is 2.18. The van der Waals surface area contributed by atoms with Crippen molar-refractivity contribution in [3.8, 4) is 5.82 Å². The van der Waals surface area contributed by atoms with Crippen LogP contribution in [0.4, 0.5) is 5.82 Å². The molecule has 0 saturated heterocycles. The minimum Gasteiger partial charge on any atom is -0.365 e.